The van der Waals surface area contributed by atoms with Crippen molar-refractivity contribution in [3.05, 3.63) is 53.6 Å². The third-order valence-electron chi connectivity index (χ3n) is 4.19. The Morgan fingerprint density at radius 3 is 2.24 bits per heavy atom. The number of nitrogens with one attached hydrogen (secondary N) is 1. The smallest absolute Gasteiger partial charge is 0.342 e. The highest BCUT2D eigenvalue weighted by Gasteiger charge is 2.21. The van der Waals surface area contributed by atoms with Gasteiger partial charge in [-0.25, -0.2) is 13.2 Å². The molecule has 0 bridgehead atoms. The largest absolute Gasteiger partial charge is 0.507 e. The molecular weight excluding hydrogens is 396 g/mol. The number of carbonyl (C=O) groups is 2. The van der Waals surface area contributed by atoms with Crippen molar-refractivity contribution in [3.8, 4) is 5.75 Å². The van der Waals surface area contributed by atoms with Crippen molar-refractivity contribution in [2.24, 2.45) is 0 Å². The molecule has 9 heteroatoms. The fourth-order valence-electron chi connectivity index (χ4n) is 2.64. The molecule has 0 aliphatic rings. The van der Waals surface area contributed by atoms with Crippen LogP contribution in [0.25, 0.3) is 0 Å². The summed E-state index contributed by atoms with van der Waals surface area (Å²) in [5.41, 5.74) is 1.11. The summed E-state index contributed by atoms with van der Waals surface area (Å²) in [4.78, 5) is 24.1. The standard InChI is InChI=1S/C20H24N2O6S/c1-4-22(5-2)29(26,27)16-9-7-15(8-10-16)21-19(24)13-28-20(25)17-11-6-14(3)12-18(17)23/h6-12,23H,4-5,13H2,1-3H3,(H,21,24). The van der Waals surface area contributed by atoms with Gasteiger partial charge in [0.05, 0.1) is 4.90 Å². The molecule has 0 fully saturated rings. The van der Waals surface area contributed by atoms with Crippen LogP contribution in [0.4, 0.5) is 5.69 Å². The first-order valence-corrected chi connectivity index (χ1v) is 10.5. The zero-order valence-electron chi connectivity index (χ0n) is 16.5. The van der Waals surface area contributed by atoms with Gasteiger partial charge in [-0.2, -0.15) is 4.31 Å². The van der Waals surface area contributed by atoms with E-state index in [9.17, 15) is 23.1 Å². The second kappa shape index (κ2) is 9.53. The quantitative estimate of drug-likeness (QED) is 0.635. The first kappa shape index (κ1) is 22.4. The zero-order chi connectivity index (χ0) is 21.6. The Hall–Kier alpha value is -2.91. The summed E-state index contributed by atoms with van der Waals surface area (Å²) in [5, 5.41) is 12.3. The molecule has 1 amide bonds. The monoisotopic (exact) mass is 420 g/mol. The van der Waals surface area contributed by atoms with Gasteiger partial charge in [0, 0.05) is 18.8 Å². The van der Waals surface area contributed by atoms with Gasteiger partial charge in [-0.15, -0.1) is 0 Å². The summed E-state index contributed by atoms with van der Waals surface area (Å²) in [5.74, 6) is -1.64. The van der Waals surface area contributed by atoms with Crippen LogP contribution in [0, 0.1) is 6.92 Å². The molecule has 2 aromatic rings. The molecule has 8 nitrogen and oxygen atoms in total. The van der Waals surface area contributed by atoms with Crippen LogP contribution in [0.5, 0.6) is 5.75 Å². The average Bonchev–Trinajstić information content (AvgIpc) is 2.67. The summed E-state index contributed by atoms with van der Waals surface area (Å²) in [7, 11) is -3.58. The molecular formula is C20H24N2O6S. The van der Waals surface area contributed by atoms with E-state index in [4.69, 9.17) is 4.74 Å². The molecule has 0 radical (unpaired) electrons. The number of carbonyl (C=O) groups excluding carboxylic acids is 2. The second-order valence-corrected chi connectivity index (χ2v) is 8.20. The van der Waals surface area contributed by atoms with Crippen LogP contribution in [-0.4, -0.2) is 49.4 Å². The van der Waals surface area contributed by atoms with Crippen molar-refractivity contribution >= 4 is 27.6 Å². The molecule has 0 atom stereocenters. The lowest BCUT2D eigenvalue weighted by Gasteiger charge is -2.18. The van der Waals surface area contributed by atoms with Gasteiger partial charge in [-0.05, 0) is 48.9 Å². The predicted octanol–water partition coefficient (Wildman–Crippen LogP) is 2.53. The van der Waals surface area contributed by atoms with Crippen molar-refractivity contribution in [2.45, 2.75) is 25.7 Å². The minimum absolute atomic E-state index is 0.0330. The SMILES string of the molecule is CCN(CC)S(=O)(=O)c1ccc(NC(=O)COC(=O)c2ccc(C)cc2O)cc1. The van der Waals surface area contributed by atoms with Crippen molar-refractivity contribution in [1.82, 2.24) is 4.31 Å². The van der Waals surface area contributed by atoms with Gasteiger partial charge < -0.3 is 15.2 Å². The molecule has 0 heterocycles. The number of rotatable bonds is 8. The first-order chi connectivity index (χ1) is 13.7. The maximum absolute atomic E-state index is 12.4. The van der Waals surface area contributed by atoms with Gasteiger partial charge >= 0.3 is 5.97 Å². The molecule has 29 heavy (non-hydrogen) atoms. The number of sulfonamides is 1. The number of phenolic OH excluding ortho intramolecular Hbond substituents is 1. The Morgan fingerprint density at radius 2 is 1.69 bits per heavy atom. The maximum Gasteiger partial charge on any atom is 0.342 e. The van der Waals surface area contributed by atoms with Crippen molar-refractivity contribution in [1.29, 1.82) is 0 Å². The van der Waals surface area contributed by atoms with Crippen molar-refractivity contribution in [2.75, 3.05) is 25.0 Å². The third kappa shape index (κ3) is 5.55. The Kier molecular flexibility index (Phi) is 7.35. The van der Waals surface area contributed by atoms with Crippen LogP contribution in [0.3, 0.4) is 0 Å². The highest BCUT2D eigenvalue weighted by molar-refractivity contribution is 7.89. The number of aromatic hydroxyl groups is 1. The van der Waals surface area contributed by atoms with Crippen LogP contribution >= 0.6 is 0 Å². The lowest BCUT2D eigenvalue weighted by Crippen LogP contribution is -2.30. The van der Waals surface area contributed by atoms with Gasteiger partial charge in [-0.3, -0.25) is 4.79 Å². The number of nitrogens with zero attached hydrogens (tertiary/aromatic N) is 1. The van der Waals surface area contributed by atoms with Gasteiger partial charge in [0.15, 0.2) is 6.61 Å². The van der Waals surface area contributed by atoms with E-state index in [0.717, 1.165) is 5.56 Å². The fraction of sp³-hybridized carbons (Fsp3) is 0.300. The van der Waals surface area contributed by atoms with Gasteiger partial charge in [0.2, 0.25) is 10.0 Å². The van der Waals surface area contributed by atoms with Crippen LogP contribution in [0.2, 0.25) is 0 Å². The Morgan fingerprint density at radius 1 is 1.07 bits per heavy atom. The summed E-state index contributed by atoms with van der Waals surface area (Å²) < 4.78 is 31.1. The topological polar surface area (TPSA) is 113 Å². The van der Waals surface area contributed by atoms with E-state index >= 15 is 0 Å². The first-order valence-electron chi connectivity index (χ1n) is 9.05. The minimum Gasteiger partial charge on any atom is -0.507 e. The third-order valence-corrected chi connectivity index (χ3v) is 6.25. The summed E-state index contributed by atoms with van der Waals surface area (Å²) >= 11 is 0. The van der Waals surface area contributed by atoms with Crippen molar-refractivity contribution < 1.29 is 27.9 Å². The summed E-state index contributed by atoms with van der Waals surface area (Å²) in [6, 6.07) is 10.2. The van der Waals surface area contributed by atoms with E-state index in [2.05, 4.69) is 5.32 Å². The predicted molar refractivity (Wildman–Crippen MR) is 108 cm³/mol. The van der Waals surface area contributed by atoms with Crippen LogP contribution < -0.4 is 5.32 Å². The van der Waals surface area contributed by atoms with Gasteiger partial charge in [0.25, 0.3) is 5.91 Å². The van der Waals surface area contributed by atoms with E-state index in [-0.39, 0.29) is 16.2 Å². The average molecular weight is 420 g/mol. The molecule has 0 saturated carbocycles. The molecule has 0 aliphatic heterocycles. The number of esters is 1. The van der Waals surface area contributed by atoms with E-state index in [1.165, 1.54) is 40.7 Å². The molecule has 0 spiro atoms. The Balaban J connectivity index is 1.96. The maximum atomic E-state index is 12.4. The van der Waals surface area contributed by atoms with E-state index in [1.54, 1.807) is 26.8 Å². The molecule has 156 valence electrons. The molecule has 0 aliphatic carbocycles. The summed E-state index contributed by atoms with van der Waals surface area (Å²) in [6.07, 6.45) is 0. The van der Waals surface area contributed by atoms with Gasteiger partial charge in [-0.1, -0.05) is 19.9 Å². The number of benzene rings is 2. The zero-order valence-corrected chi connectivity index (χ0v) is 17.3. The number of phenols is 1. The number of hydrogen-bond acceptors (Lipinski definition) is 6. The van der Waals surface area contributed by atoms with E-state index in [1.807, 2.05) is 0 Å². The Labute approximate surface area is 170 Å². The van der Waals surface area contributed by atoms with Crippen LogP contribution in [0.1, 0.15) is 29.8 Å². The number of aryl methyl sites for hydroxylation is 1. The number of amides is 1. The number of ether oxygens (including phenoxy) is 1. The molecule has 0 unspecified atom stereocenters. The minimum atomic E-state index is -3.58. The van der Waals surface area contributed by atoms with Gasteiger partial charge in [0.1, 0.15) is 11.3 Å². The Bertz CT molecular complexity index is 983. The fourth-order valence-corrected chi connectivity index (χ4v) is 4.10. The van der Waals surface area contributed by atoms with Crippen LogP contribution in [-0.2, 0) is 19.6 Å². The number of anilines is 1. The molecule has 0 saturated heterocycles. The molecule has 2 aromatic carbocycles. The van der Waals surface area contributed by atoms with Crippen molar-refractivity contribution in [3.63, 3.8) is 0 Å². The highest BCUT2D eigenvalue weighted by atomic mass is 32.2. The van der Waals surface area contributed by atoms with E-state index in [0.29, 0.717) is 18.8 Å². The second-order valence-electron chi connectivity index (χ2n) is 6.26. The normalized spacial score (nSPS) is 11.3. The van der Waals surface area contributed by atoms with E-state index < -0.39 is 28.5 Å². The molecule has 2 rings (SSSR count). The number of hydrogen-bond donors (Lipinski definition) is 2. The molecule has 2 N–H and O–H groups in total. The summed E-state index contributed by atoms with van der Waals surface area (Å²) in [6.45, 7) is 5.45. The highest BCUT2D eigenvalue weighted by Crippen LogP contribution is 2.20. The van der Waals surface area contributed by atoms with Crippen LogP contribution in [0.15, 0.2) is 47.4 Å². The lowest BCUT2D eigenvalue weighted by atomic mass is 10.1. The lowest BCUT2D eigenvalue weighted by molar-refractivity contribution is -0.119. The molecule has 0 aromatic heterocycles.